The molecule has 0 bridgehead atoms. The van der Waals surface area contributed by atoms with Gasteiger partial charge < -0.3 is 9.47 Å². The summed E-state index contributed by atoms with van der Waals surface area (Å²) >= 11 is 19.1. The number of hydrazone groups is 1. The Labute approximate surface area is 183 Å². The number of halogens is 3. The molecule has 0 spiro atoms. The molecule has 2 aliphatic rings. The Hall–Kier alpha value is -2.40. The maximum absolute atomic E-state index is 6.56. The van der Waals surface area contributed by atoms with Crippen molar-refractivity contribution in [3.63, 3.8) is 0 Å². The van der Waals surface area contributed by atoms with E-state index in [1.807, 2.05) is 59.6 Å². The zero-order valence-corrected chi connectivity index (χ0v) is 17.4. The van der Waals surface area contributed by atoms with Crippen molar-refractivity contribution in [3.8, 4) is 11.5 Å². The molecule has 2 aliphatic heterocycles. The Morgan fingerprint density at radius 2 is 1.72 bits per heavy atom. The van der Waals surface area contributed by atoms with Crippen LogP contribution in [0.2, 0.25) is 15.1 Å². The van der Waals surface area contributed by atoms with Crippen LogP contribution in [0.15, 0.2) is 65.8 Å². The van der Waals surface area contributed by atoms with Crippen molar-refractivity contribution in [2.45, 2.75) is 12.5 Å². The van der Waals surface area contributed by atoms with Gasteiger partial charge in [-0.2, -0.15) is 5.10 Å². The molecule has 29 heavy (non-hydrogen) atoms. The standard InChI is InChI=1S/C22H15Cl3N2O2/c23-14-3-1-4-15(10-14)27-19(16-5-2-6-17(24)22(16)25)11-18(26-27)13-7-8-20-21(9-13)29-12-28-20/h1-10,19H,11-12H2. The molecule has 0 saturated heterocycles. The van der Waals surface area contributed by atoms with E-state index < -0.39 is 0 Å². The minimum absolute atomic E-state index is 0.111. The Balaban J connectivity index is 1.59. The van der Waals surface area contributed by atoms with Crippen LogP contribution < -0.4 is 14.5 Å². The molecule has 0 fully saturated rings. The van der Waals surface area contributed by atoms with E-state index in [0.717, 1.165) is 34.0 Å². The van der Waals surface area contributed by atoms with Gasteiger partial charge in [0.15, 0.2) is 11.5 Å². The van der Waals surface area contributed by atoms with Gasteiger partial charge in [-0.05, 0) is 48.0 Å². The second kappa shape index (κ2) is 7.45. The summed E-state index contributed by atoms with van der Waals surface area (Å²) < 4.78 is 10.9. The number of hydrogen-bond acceptors (Lipinski definition) is 4. The summed E-state index contributed by atoms with van der Waals surface area (Å²) in [7, 11) is 0. The first kappa shape index (κ1) is 18.6. The van der Waals surface area contributed by atoms with Crippen LogP contribution in [0.3, 0.4) is 0 Å². The maximum atomic E-state index is 6.56. The number of ether oxygens (including phenoxy) is 2. The number of anilines is 1. The highest BCUT2D eigenvalue weighted by molar-refractivity contribution is 6.42. The van der Waals surface area contributed by atoms with E-state index in [4.69, 9.17) is 49.4 Å². The van der Waals surface area contributed by atoms with Gasteiger partial charge in [-0.1, -0.05) is 53.0 Å². The first-order valence-electron chi connectivity index (χ1n) is 9.06. The van der Waals surface area contributed by atoms with Gasteiger partial charge in [0.05, 0.1) is 27.5 Å². The summed E-state index contributed by atoms with van der Waals surface area (Å²) in [5.41, 5.74) is 3.69. The number of benzene rings is 3. The third kappa shape index (κ3) is 3.42. The lowest BCUT2D eigenvalue weighted by atomic mass is 9.98. The predicted molar refractivity (Wildman–Crippen MR) is 117 cm³/mol. The van der Waals surface area contributed by atoms with Gasteiger partial charge in [0.25, 0.3) is 0 Å². The molecule has 1 atom stereocenters. The molecule has 1 unspecified atom stereocenters. The summed E-state index contributed by atoms with van der Waals surface area (Å²) in [6.07, 6.45) is 0.659. The van der Waals surface area contributed by atoms with E-state index in [1.165, 1.54) is 0 Å². The molecule has 0 aromatic heterocycles. The second-order valence-electron chi connectivity index (χ2n) is 6.80. The normalized spacial score (nSPS) is 17.6. The van der Waals surface area contributed by atoms with Gasteiger partial charge >= 0.3 is 0 Å². The zero-order valence-electron chi connectivity index (χ0n) is 15.1. The van der Waals surface area contributed by atoms with Crippen molar-refractivity contribution in [1.29, 1.82) is 0 Å². The predicted octanol–water partition coefficient (Wildman–Crippen LogP) is 6.73. The van der Waals surface area contributed by atoms with Gasteiger partial charge in [-0.3, -0.25) is 5.01 Å². The molecule has 5 rings (SSSR count). The van der Waals surface area contributed by atoms with Crippen LogP contribution in [0.25, 0.3) is 0 Å². The molecule has 0 radical (unpaired) electrons. The number of fused-ring (bicyclic) bond motifs is 1. The Kier molecular flexibility index (Phi) is 4.78. The van der Waals surface area contributed by atoms with Crippen molar-refractivity contribution in [1.82, 2.24) is 0 Å². The molecule has 146 valence electrons. The van der Waals surface area contributed by atoms with E-state index in [-0.39, 0.29) is 12.8 Å². The van der Waals surface area contributed by atoms with E-state index >= 15 is 0 Å². The number of rotatable bonds is 3. The smallest absolute Gasteiger partial charge is 0.231 e. The largest absolute Gasteiger partial charge is 0.454 e. The van der Waals surface area contributed by atoms with Gasteiger partial charge in [0.2, 0.25) is 6.79 Å². The SMILES string of the molecule is Clc1cccc(N2N=C(c3ccc4c(c3)OCO4)CC2c2cccc(Cl)c2Cl)c1. The van der Waals surface area contributed by atoms with Crippen LogP contribution >= 0.6 is 34.8 Å². The highest BCUT2D eigenvalue weighted by atomic mass is 35.5. The minimum atomic E-state index is -0.111. The van der Waals surface area contributed by atoms with Crippen LogP contribution in [-0.4, -0.2) is 12.5 Å². The summed E-state index contributed by atoms with van der Waals surface area (Å²) in [5.74, 6) is 1.47. The molecule has 0 N–H and O–H groups in total. The monoisotopic (exact) mass is 444 g/mol. The highest BCUT2D eigenvalue weighted by Crippen LogP contribution is 2.42. The third-order valence-electron chi connectivity index (χ3n) is 5.03. The lowest BCUT2D eigenvalue weighted by Gasteiger charge is -2.25. The molecule has 3 aromatic carbocycles. The fourth-order valence-electron chi connectivity index (χ4n) is 3.64. The van der Waals surface area contributed by atoms with Crippen LogP contribution in [0.4, 0.5) is 5.69 Å². The summed E-state index contributed by atoms with van der Waals surface area (Å²) in [5, 5.41) is 8.56. The summed E-state index contributed by atoms with van der Waals surface area (Å²) in [6, 6.07) is 19.0. The summed E-state index contributed by atoms with van der Waals surface area (Å²) in [4.78, 5) is 0. The number of nitrogens with zero attached hydrogens (tertiary/aromatic N) is 2. The molecule has 0 amide bonds. The molecular formula is C22H15Cl3N2O2. The van der Waals surface area contributed by atoms with Crippen molar-refractivity contribution in [2.24, 2.45) is 5.10 Å². The third-order valence-corrected chi connectivity index (χ3v) is 6.10. The van der Waals surface area contributed by atoms with E-state index in [2.05, 4.69) is 0 Å². The van der Waals surface area contributed by atoms with Crippen LogP contribution in [0.5, 0.6) is 11.5 Å². The summed E-state index contributed by atoms with van der Waals surface area (Å²) in [6.45, 7) is 0.237. The fraction of sp³-hybridized carbons (Fsp3) is 0.136. The highest BCUT2D eigenvalue weighted by Gasteiger charge is 2.32. The average Bonchev–Trinajstić information content (AvgIpc) is 3.36. The molecular weight excluding hydrogens is 431 g/mol. The van der Waals surface area contributed by atoms with E-state index in [1.54, 1.807) is 6.07 Å². The van der Waals surface area contributed by atoms with Crippen molar-refractivity contribution < 1.29 is 9.47 Å². The molecule has 7 heteroatoms. The Morgan fingerprint density at radius 1 is 0.897 bits per heavy atom. The topological polar surface area (TPSA) is 34.1 Å². The van der Waals surface area contributed by atoms with Crippen LogP contribution in [0.1, 0.15) is 23.6 Å². The molecule has 0 aliphatic carbocycles. The molecule has 3 aromatic rings. The van der Waals surface area contributed by atoms with E-state index in [9.17, 15) is 0 Å². The first-order valence-corrected chi connectivity index (χ1v) is 10.2. The van der Waals surface area contributed by atoms with Gasteiger partial charge in [0, 0.05) is 17.0 Å². The van der Waals surface area contributed by atoms with Crippen LogP contribution in [0, 0.1) is 0 Å². The lowest BCUT2D eigenvalue weighted by molar-refractivity contribution is 0.174. The Morgan fingerprint density at radius 3 is 2.59 bits per heavy atom. The fourth-order valence-corrected chi connectivity index (χ4v) is 4.26. The first-order chi connectivity index (χ1) is 14.1. The van der Waals surface area contributed by atoms with Gasteiger partial charge in [-0.25, -0.2) is 0 Å². The lowest BCUT2D eigenvalue weighted by Crippen LogP contribution is -2.19. The Bertz CT molecular complexity index is 1130. The molecule has 0 saturated carbocycles. The second-order valence-corrected chi connectivity index (χ2v) is 8.02. The quantitative estimate of drug-likeness (QED) is 0.448. The van der Waals surface area contributed by atoms with Gasteiger partial charge in [0.1, 0.15) is 0 Å². The minimum Gasteiger partial charge on any atom is -0.454 e. The molecule has 4 nitrogen and oxygen atoms in total. The maximum Gasteiger partial charge on any atom is 0.231 e. The zero-order chi connectivity index (χ0) is 20.0. The van der Waals surface area contributed by atoms with Crippen LogP contribution in [-0.2, 0) is 0 Å². The van der Waals surface area contributed by atoms with Gasteiger partial charge in [-0.15, -0.1) is 0 Å². The van der Waals surface area contributed by atoms with E-state index in [0.29, 0.717) is 21.5 Å². The van der Waals surface area contributed by atoms with Crippen molar-refractivity contribution in [3.05, 3.63) is 86.9 Å². The number of hydrogen-bond donors (Lipinski definition) is 0. The average molecular weight is 446 g/mol. The van der Waals surface area contributed by atoms with Crippen molar-refractivity contribution >= 4 is 46.2 Å². The molecule has 2 heterocycles. The van der Waals surface area contributed by atoms with Crippen molar-refractivity contribution in [2.75, 3.05) is 11.8 Å².